The molecule has 5 N–H and O–H groups in total. The van der Waals surface area contributed by atoms with Gasteiger partial charge in [-0.15, -0.1) is 0 Å². The van der Waals surface area contributed by atoms with Crippen molar-refractivity contribution >= 4 is 58.3 Å². The van der Waals surface area contributed by atoms with Gasteiger partial charge in [0.25, 0.3) is 11.8 Å². The molecule has 15 nitrogen and oxygen atoms in total. The summed E-state index contributed by atoms with van der Waals surface area (Å²) in [6, 6.07) is 17.2. The number of nitrogens with zero attached hydrogens (tertiary/aromatic N) is 6. The first-order valence-corrected chi connectivity index (χ1v) is 21.0. The minimum absolute atomic E-state index is 0.0379. The Morgan fingerprint density at radius 2 is 1.42 bits per heavy atom. The molecule has 8 rings (SSSR count). The molecule has 3 aromatic carbocycles. The van der Waals surface area contributed by atoms with Crippen molar-refractivity contribution in [1.82, 2.24) is 35.6 Å². The number of piperidine rings is 2. The molecule has 5 heterocycles. The van der Waals surface area contributed by atoms with Crippen molar-refractivity contribution in [3.8, 4) is 0 Å². The average Bonchev–Trinajstić information content (AvgIpc) is 3.28. The number of amides is 4. The third-order valence-corrected chi connectivity index (χ3v) is 11.6. The Balaban J connectivity index is 0.756. The van der Waals surface area contributed by atoms with Crippen LogP contribution in [0.5, 0.6) is 0 Å². The van der Waals surface area contributed by atoms with Crippen LogP contribution in [0.1, 0.15) is 64.3 Å². The molecule has 1 unspecified atom stereocenters. The molecule has 19 heteroatoms. The third-order valence-electron chi connectivity index (χ3n) is 11.6. The van der Waals surface area contributed by atoms with E-state index in [1.165, 1.54) is 42.6 Å². The fourth-order valence-corrected chi connectivity index (χ4v) is 7.99. The highest BCUT2D eigenvalue weighted by Gasteiger charge is 2.31. The maximum Gasteiger partial charge on any atom is 0.268 e. The van der Waals surface area contributed by atoms with Gasteiger partial charge in [0.05, 0.1) is 23.2 Å². The van der Waals surface area contributed by atoms with E-state index in [9.17, 15) is 28.0 Å². The minimum atomic E-state index is -0.773. The van der Waals surface area contributed by atoms with Gasteiger partial charge < -0.3 is 20.9 Å². The van der Waals surface area contributed by atoms with Crippen LogP contribution in [0.15, 0.2) is 85.2 Å². The van der Waals surface area contributed by atoms with Gasteiger partial charge in [-0.3, -0.25) is 34.8 Å². The van der Waals surface area contributed by atoms with Crippen LogP contribution in [-0.2, 0) is 9.59 Å². The number of carbonyl (C=O) groups is 4. The van der Waals surface area contributed by atoms with Gasteiger partial charge in [-0.25, -0.2) is 32.5 Å². The van der Waals surface area contributed by atoms with Crippen molar-refractivity contribution < 1.29 is 36.7 Å². The van der Waals surface area contributed by atoms with E-state index in [0.717, 1.165) is 51.2 Å². The van der Waals surface area contributed by atoms with Crippen molar-refractivity contribution in [1.29, 1.82) is 0 Å². The Hall–Kier alpha value is -6.99. The lowest BCUT2D eigenvalue weighted by molar-refractivity contribution is -0.134. The quantitative estimate of drug-likeness (QED) is 0.0665. The molecule has 5 aromatic rings. The number of piperazine rings is 1. The second-order valence-electron chi connectivity index (χ2n) is 15.9. The number of hydrogen-bond donors (Lipinski definition) is 5. The first-order chi connectivity index (χ1) is 30.9. The van der Waals surface area contributed by atoms with Gasteiger partial charge in [0.2, 0.25) is 17.8 Å². The number of hydrazine groups is 1. The molecule has 4 amide bonds. The fraction of sp³-hybridized carbons (Fsp3) is 0.311. The predicted octanol–water partition coefficient (Wildman–Crippen LogP) is 6.26. The van der Waals surface area contributed by atoms with Gasteiger partial charge in [0.1, 0.15) is 23.3 Å². The predicted molar refractivity (Wildman–Crippen MR) is 230 cm³/mol. The maximum absolute atomic E-state index is 15.3. The highest BCUT2D eigenvalue weighted by molar-refractivity contribution is 6.04. The first kappa shape index (κ1) is 43.7. The second-order valence-corrected chi connectivity index (χ2v) is 15.9. The normalized spacial score (nSPS) is 17.4. The largest absolute Gasteiger partial charge is 0.354 e. The number of hydrogen-bond acceptors (Lipinski definition) is 12. The van der Waals surface area contributed by atoms with E-state index >= 15 is 8.78 Å². The molecule has 3 aliphatic heterocycles. The van der Waals surface area contributed by atoms with Crippen LogP contribution in [0.25, 0.3) is 0 Å². The number of anilines is 6. The highest BCUT2D eigenvalue weighted by Crippen LogP contribution is 2.29. The Bertz CT molecular complexity index is 2530. The number of aromatic nitrogens is 3. The summed E-state index contributed by atoms with van der Waals surface area (Å²) in [5.74, 6) is -4.68. The summed E-state index contributed by atoms with van der Waals surface area (Å²) < 4.78 is 59.0. The lowest BCUT2D eigenvalue weighted by atomic mass is 9.91. The summed E-state index contributed by atoms with van der Waals surface area (Å²) >= 11 is 0. The van der Waals surface area contributed by atoms with Gasteiger partial charge in [-0.05, 0) is 92.7 Å². The minimum Gasteiger partial charge on any atom is -0.354 e. The molecule has 1 atom stereocenters. The lowest BCUT2D eigenvalue weighted by Crippen LogP contribution is -2.48. The van der Waals surface area contributed by atoms with E-state index < -0.39 is 46.9 Å². The molecule has 0 bridgehead atoms. The van der Waals surface area contributed by atoms with Crippen LogP contribution >= 0.6 is 0 Å². The Labute approximate surface area is 365 Å². The summed E-state index contributed by atoms with van der Waals surface area (Å²) in [7, 11) is 0. The van der Waals surface area contributed by atoms with E-state index in [0.29, 0.717) is 49.3 Å². The van der Waals surface area contributed by atoms with E-state index in [1.54, 1.807) is 35.3 Å². The third kappa shape index (κ3) is 10.6. The van der Waals surface area contributed by atoms with Crippen molar-refractivity contribution in [2.24, 2.45) is 5.92 Å². The molecule has 0 saturated carbocycles. The number of nitrogens with one attached hydrogen (secondary N) is 5. The summed E-state index contributed by atoms with van der Waals surface area (Å²) in [5, 5.41) is 12.3. The Morgan fingerprint density at radius 1 is 0.703 bits per heavy atom. The topological polar surface area (TPSA) is 177 Å². The molecule has 0 aliphatic carbocycles. The number of halogens is 4. The maximum atomic E-state index is 15.3. The molecular formula is C45H45F4N11O4. The standard InChI is InChI=1S/C45H45F4N11O4/c46-35-4-2-1-3-32(35)43(63)53-29-7-5-28(6-8-29)52-41-38(49)26-51-45(56-41)54-30-9-10-33(36(47)23-30)44(64)57-60-17-14-27(15-18-60)13-16-58-19-21-59(22-20-58)39-24-37(48)34(25-50-39)31-11-12-40(61)55-42(31)62/h1-10,23-27,31H,11-22H2,(H,53,63)(H,57,64)(H,55,61,62)(H2,51,52,54,56). The Kier molecular flexibility index (Phi) is 13.4. The molecule has 0 spiro atoms. The molecule has 332 valence electrons. The molecule has 64 heavy (non-hydrogen) atoms. The van der Waals surface area contributed by atoms with Gasteiger partial charge in [-0.1, -0.05) is 12.1 Å². The zero-order chi connectivity index (χ0) is 44.7. The summed E-state index contributed by atoms with van der Waals surface area (Å²) in [5.41, 5.74) is 3.82. The second kappa shape index (κ2) is 19.6. The van der Waals surface area contributed by atoms with Crippen LogP contribution in [0.2, 0.25) is 0 Å². The SMILES string of the molecule is O=C1CCC(c2cnc(N3CCN(CCC4CCN(NC(=O)c5ccc(Nc6ncc(F)c(Nc7ccc(NC(=O)c8ccccc8F)cc7)n6)cc5F)CC4)CC3)cc2F)C(=O)N1. The van der Waals surface area contributed by atoms with Gasteiger partial charge in [0, 0.05) is 80.6 Å². The van der Waals surface area contributed by atoms with Crippen molar-refractivity contribution in [3.05, 3.63) is 125 Å². The van der Waals surface area contributed by atoms with Crippen LogP contribution < -0.4 is 31.6 Å². The molecule has 3 aliphatic rings. The number of imide groups is 1. The molecule has 3 saturated heterocycles. The highest BCUT2D eigenvalue weighted by atomic mass is 19.1. The smallest absolute Gasteiger partial charge is 0.268 e. The van der Waals surface area contributed by atoms with Gasteiger partial charge in [-0.2, -0.15) is 4.98 Å². The van der Waals surface area contributed by atoms with Crippen LogP contribution in [0, 0.1) is 29.2 Å². The van der Waals surface area contributed by atoms with Crippen LogP contribution in [-0.4, -0.2) is 94.3 Å². The number of pyridine rings is 1. The van der Waals surface area contributed by atoms with Crippen molar-refractivity contribution in [2.75, 3.05) is 66.7 Å². The molecule has 0 radical (unpaired) electrons. The average molecular weight is 880 g/mol. The van der Waals surface area contributed by atoms with E-state index in [1.807, 2.05) is 4.90 Å². The summed E-state index contributed by atoms with van der Waals surface area (Å²) in [6.45, 7) is 5.10. The van der Waals surface area contributed by atoms with Gasteiger partial charge >= 0.3 is 0 Å². The zero-order valence-corrected chi connectivity index (χ0v) is 34.6. The van der Waals surface area contributed by atoms with E-state index in [4.69, 9.17) is 0 Å². The molecule has 2 aromatic heterocycles. The summed E-state index contributed by atoms with van der Waals surface area (Å²) in [6.07, 6.45) is 5.50. The van der Waals surface area contributed by atoms with Crippen LogP contribution in [0.4, 0.5) is 52.2 Å². The van der Waals surface area contributed by atoms with Gasteiger partial charge in [0.15, 0.2) is 11.6 Å². The van der Waals surface area contributed by atoms with Crippen molar-refractivity contribution in [3.63, 3.8) is 0 Å². The zero-order valence-electron chi connectivity index (χ0n) is 34.6. The number of rotatable bonds is 13. The number of carbonyl (C=O) groups excluding carboxylic acids is 4. The Morgan fingerprint density at radius 3 is 2.14 bits per heavy atom. The van der Waals surface area contributed by atoms with E-state index in [-0.39, 0.29) is 52.9 Å². The van der Waals surface area contributed by atoms with Crippen LogP contribution in [0.3, 0.4) is 0 Å². The van der Waals surface area contributed by atoms with E-state index in [2.05, 4.69) is 46.5 Å². The van der Waals surface area contributed by atoms with Crippen molar-refractivity contribution in [2.45, 2.75) is 38.0 Å². The molecule has 3 fully saturated rings. The molecular weight excluding hydrogens is 835 g/mol. The fourth-order valence-electron chi connectivity index (χ4n) is 7.99. The number of benzene rings is 3. The first-order valence-electron chi connectivity index (χ1n) is 21.0. The lowest BCUT2D eigenvalue weighted by Gasteiger charge is -2.37. The summed E-state index contributed by atoms with van der Waals surface area (Å²) in [4.78, 5) is 66.2. The monoisotopic (exact) mass is 879 g/mol.